The summed E-state index contributed by atoms with van der Waals surface area (Å²) >= 11 is 0. The Morgan fingerprint density at radius 3 is 2.83 bits per heavy atom. The lowest BCUT2D eigenvalue weighted by Gasteiger charge is -2.41. The molecule has 1 aromatic rings. The molecule has 2 unspecified atom stereocenters. The Balaban J connectivity index is 1.83. The molecule has 1 fully saturated rings. The molecule has 0 amide bonds. The molecular formula is C16H23NO. The average molecular weight is 245 g/mol. The maximum Gasteiger partial charge on any atom is 0.0816 e. The molecule has 1 aromatic carbocycles. The second-order valence-corrected chi connectivity index (χ2v) is 6.19. The minimum absolute atomic E-state index is 0.100. The van der Waals surface area contributed by atoms with E-state index in [-0.39, 0.29) is 6.04 Å². The summed E-state index contributed by atoms with van der Waals surface area (Å²) in [4.78, 5) is 0. The fraction of sp³-hybridized carbons (Fsp3) is 0.625. The van der Waals surface area contributed by atoms with Gasteiger partial charge in [-0.15, -0.1) is 0 Å². The van der Waals surface area contributed by atoms with Crippen LogP contribution in [-0.4, -0.2) is 17.3 Å². The predicted octanol–water partition coefficient (Wildman–Crippen LogP) is 2.81. The van der Waals surface area contributed by atoms with Crippen LogP contribution >= 0.6 is 0 Å². The zero-order valence-electron chi connectivity index (χ0n) is 11.2. The summed E-state index contributed by atoms with van der Waals surface area (Å²) in [5.74, 6) is 0.732. The smallest absolute Gasteiger partial charge is 0.0816 e. The van der Waals surface area contributed by atoms with Crippen molar-refractivity contribution >= 4 is 0 Å². The van der Waals surface area contributed by atoms with Gasteiger partial charge in [0.1, 0.15) is 0 Å². The molecule has 98 valence electrons. The van der Waals surface area contributed by atoms with Crippen LogP contribution in [0, 0.1) is 5.92 Å². The number of fused-ring (bicyclic) bond motifs is 1. The fourth-order valence-electron chi connectivity index (χ4n) is 3.46. The van der Waals surface area contributed by atoms with Crippen molar-refractivity contribution in [1.29, 1.82) is 0 Å². The van der Waals surface area contributed by atoms with E-state index in [1.54, 1.807) is 0 Å². The van der Waals surface area contributed by atoms with E-state index in [2.05, 4.69) is 29.6 Å². The maximum absolute atomic E-state index is 10.9. The molecule has 0 bridgehead atoms. The number of nitrogens with one attached hydrogen (secondary N) is 1. The highest BCUT2D eigenvalue weighted by molar-refractivity contribution is 5.34. The summed E-state index contributed by atoms with van der Waals surface area (Å²) in [6.07, 6.45) is 5.94. The second-order valence-electron chi connectivity index (χ2n) is 6.19. The fourth-order valence-corrected chi connectivity index (χ4v) is 3.46. The predicted molar refractivity (Wildman–Crippen MR) is 73.5 cm³/mol. The zero-order valence-corrected chi connectivity index (χ0v) is 11.2. The van der Waals surface area contributed by atoms with Gasteiger partial charge in [-0.2, -0.15) is 0 Å². The van der Waals surface area contributed by atoms with E-state index in [0.717, 1.165) is 25.3 Å². The Morgan fingerprint density at radius 1 is 1.33 bits per heavy atom. The molecule has 18 heavy (non-hydrogen) atoms. The van der Waals surface area contributed by atoms with Crippen molar-refractivity contribution < 1.29 is 5.11 Å². The van der Waals surface area contributed by atoms with Crippen LogP contribution in [0.3, 0.4) is 0 Å². The lowest BCUT2D eigenvalue weighted by atomic mass is 9.73. The maximum atomic E-state index is 10.9. The lowest BCUT2D eigenvalue weighted by Crippen LogP contribution is -2.46. The van der Waals surface area contributed by atoms with Gasteiger partial charge in [-0.3, -0.25) is 0 Å². The van der Waals surface area contributed by atoms with Crippen molar-refractivity contribution in [3.05, 3.63) is 35.4 Å². The molecule has 0 saturated heterocycles. The van der Waals surface area contributed by atoms with E-state index in [1.807, 2.05) is 6.92 Å². The Morgan fingerprint density at radius 2 is 2.11 bits per heavy atom. The number of rotatable bonds is 3. The summed E-state index contributed by atoms with van der Waals surface area (Å²) in [5, 5.41) is 14.4. The summed E-state index contributed by atoms with van der Waals surface area (Å²) in [5.41, 5.74) is 2.07. The Hall–Kier alpha value is -0.860. The Labute approximate surface area is 109 Å². The van der Waals surface area contributed by atoms with Crippen molar-refractivity contribution in [1.82, 2.24) is 5.32 Å². The molecule has 0 spiro atoms. The highest BCUT2D eigenvalue weighted by Crippen LogP contribution is 2.40. The third-order valence-electron chi connectivity index (χ3n) is 4.66. The first-order valence-corrected chi connectivity index (χ1v) is 7.20. The van der Waals surface area contributed by atoms with E-state index in [4.69, 9.17) is 0 Å². The van der Waals surface area contributed by atoms with Crippen LogP contribution in [0.5, 0.6) is 0 Å². The number of hydrogen-bond acceptors (Lipinski definition) is 2. The van der Waals surface area contributed by atoms with Crippen LogP contribution < -0.4 is 5.32 Å². The largest absolute Gasteiger partial charge is 0.388 e. The van der Waals surface area contributed by atoms with E-state index < -0.39 is 5.60 Å². The van der Waals surface area contributed by atoms with Crippen LogP contribution in [0.1, 0.15) is 49.8 Å². The minimum Gasteiger partial charge on any atom is -0.388 e. The normalized spacial score (nSPS) is 27.1. The first-order chi connectivity index (χ1) is 8.67. The zero-order chi connectivity index (χ0) is 12.6. The molecule has 1 saturated carbocycles. The third-order valence-corrected chi connectivity index (χ3v) is 4.66. The molecule has 2 nitrogen and oxygen atoms in total. The molecule has 3 rings (SSSR count). The van der Waals surface area contributed by atoms with Crippen molar-refractivity contribution in [3.63, 3.8) is 0 Å². The van der Waals surface area contributed by atoms with Gasteiger partial charge in [0.15, 0.2) is 0 Å². The number of aliphatic hydroxyl groups is 1. The van der Waals surface area contributed by atoms with Crippen molar-refractivity contribution in [2.45, 2.75) is 50.7 Å². The number of benzene rings is 1. The van der Waals surface area contributed by atoms with Gasteiger partial charge in [0, 0.05) is 0 Å². The van der Waals surface area contributed by atoms with Gasteiger partial charge in [0.25, 0.3) is 0 Å². The van der Waals surface area contributed by atoms with Gasteiger partial charge < -0.3 is 10.4 Å². The van der Waals surface area contributed by atoms with Gasteiger partial charge in [0.05, 0.1) is 11.6 Å². The van der Waals surface area contributed by atoms with Crippen molar-refractivity contribution in [2.75, 3.05) is 6.54 Å². The topological polar surface area (TPSA) is 32.3 Å². The van der Waals surface area contributed by atoms with Crippen LogP contribution in [0.2, 0.25) is 0 Å². The van der Waals surface area contributed by atoms with Gasteiger partial charge in [-0.25, -0.2) is 0 Å². The first kappa shape index (κ1) is 12.2. The van der Waals surface area contributed by atoms with E-state index in [0.29, 0.717) is 0 Å². The standard InChI is InChI=1S/C16H23NO/c1-16(18,11-12-5-4-6-12)15-14-8-3-2-7-13(14)9-10-17-15/h2-3,7-8,12,15,17-18H,4-6,9-11H2,1H3. The average Bonchev–Trinajstić information content (AvgIpc) is 2.33. The summed E-state index contributed by atoms with van der Waals surface area (Å²) in [6, 6.07) is 8.65. The quantitative estimate of drug-likeness (QED) is 0.858. The number of hydrogen-bond donors (Lipinski definition) is 2. The van der Waals surface area contributed by atoms with Gasteiger partial charge in [-0.1, -0.05) is 43.5 Å². The van der Waals surface area contributed by atoms with Crippen LogP contribution in [0.4, 0.5) is 0 Å². The molecule has 0 aromatic heterocycles. The van der Waals surface area contributed by atoms with E-state index in [9.17, 15) is 5.11 Å². The monoisotopic (exact) mass is 245 g/mol. The Kier molecular flexibility index (Phi) is 3.16. The SMILES string of the molecule is CC(O)(CC1CCC1)C1NCCc2ccccc21. The highest BCUT2D eigenvalue weighted by atomic mass is 16.3. The molecule has 2 aliphatic rings. The van der Waals surface area contributed by atoms with Crippen molar-refractivity contribution in [3.8, 4) is 0 Å². The van der Waals surface area contributed by atoms with Gasteiger partial charge >= 0.3 is 0 Å². The summed E-state index contributed by atoms with van der Waals surface area (Å²) in [7, 11) is 0. The molecule has 1 aliphatic heterocycles. The molecule has 0 radical (unpaired) electrons. The summed E-state index contributed by atoms with van der Waals surface area (Å²) < 4.78 is 0. The molecule has 2 atom stereocenters. The highest BCUT2D eigenvalue weighted by Gasteiger charge is 2.38. The molecular weight excluding hydrogens is 222 g/mol. The van der Waals surface area contributed by atoms with Gasteiger partial charge in [0.2, 0.25) is 0 Å². The van der Waals surface area contributed by atoms with Gasteiger partial charge in [-0.05, 0) is 43.4 Å². The van der Waals surface area contributed by atoms with Crippen LogP contribution in [0.25, 0.3) is 0 Å². The second kappa shape index (κ2) is 4.67. The van der Waals surface area contributed by atoms with E-state index in [1.165, 1.54) is 30.4 Å². The van der Waals surface area contributed by atoms with Crippen LogP contribution in [0.15, 0.2) is 24.3 Å². The first-order valence-electron chi connectivity index (χ1n) is 7.20. The molecule has 2 heteroatoms. The Bertz CT molecular complexity index is 423. The van der Waals surface area contributed by atoms with Crippen molar-refractivity contribution in [2.24, 2.45) is 5.92 Å². The molecule has 2 N–H and O–H groups in total. The third kappa shape index (κ3) is 2.19. The molecule has 1 aliphatic carbocycles. The lowest BCUT2D eigenvalue weighted by molar-refractivity contribution is -0.0166. The van der Waals surface area contributed by atoms with Crippen LogP contribution in [-0.2, 0) is 6.42 Å². The van der Waals surface area contributed by atoms with E-state index >= 15 is 0 Å². The molecule has 1 heterocycles. The summed E-state index contributed by atoms with van der Waals surface area (Å²) in [6.45, 7) is 2.98. The minimum atomic E-state index is -0.623.